The number of ether oxygens (including phenoxy) is 2. The van der Waals surface area contributed by atoms with Crippen molar-refractivity contribution < 1.29 is 19.1 Å². The zero-order valence-corrected chi connectivity index (χ0v) is 29.8. The maximum atomic E-state index is 10.9. The standard InChI is InChI=1S/C25H48O2.C15H28O2/c1-3-5-6-7-8-9-10-11-12-13-14-15-16-17-18-19-20-21-22-23-24-27-25(26)4-2;1-3-5-6-7-8-9-10-11-12-13-14-17-15(16)4-2/h4H,2-3,5-24H2,1H3;4H,2-3,5-14H2,1H3. The average molecular weight is 621 g/mol. The Morgan fingerprint density at radius 3 is 0.727 bits per heavy atom. The second-order valence-electron chi connectivity index (χ2n) is 12.6. The number of hydrogen-bond acceptors (Lipinski definition) is 4. The molecule has 0 N–H and O–H groups in total. The Kier molecular flexibility index (Phi) is 41.9. The van der Waals surface area contributed by atoms with Gasteiger partial charge in [0.2, 0.25) is 0 Å². The van der Waals surface area contributed by atoms with Crippen LogP contribution in [0.25, 0.3) is 0 Å². The van der Waals surface area contributed by atoms with Gasteiger partial charge >= 0.3 is 11.9 Å². The summed E-state index contributed by atoms with van der Waals surface area (Å²) in [5.41, 5.74) is 0. The number of hydrogen-bond donors (Lipinski definition) is 0. The van der Waals surface area contributed by atoms with E-state index in [1.54, 1.807) is 0 Å². The number of carbonyl (C=O) groups is 2. The molecule has 0 atom stereocenters. The Bertz CT molecular complexity index is 600. The molecule has 0 unspecified atom stereocenters. The third kappa shape index (κ3) is 42.6. The lowest BCUT2D eigenvalue weighted by Gasteiger charge is -2.04. The van der Waals surface area contributed by atoms with E-state index in [4.69, 9.17) is 9.47 Å². The van der Waals surface area contributed by atoms with Crippen molar-refractivity contribution in [3.63, 3.8) is 0 Å². The van der Waals surface area contributed by atoms with E-state index >= 15 is 0 Å². The molecule has 0 radical (unpaired) electrons. The molecular formula is C40H76O4. The summed E-state index contributed by atoms with van der Waals surface area (Å²) in [4.78, 5) is 21.6. The van der Waals surface area contributed by atoms with Crippen LogP contribution in [0.15, 0.2) is 25.3 Å². The summed E-state index contributed by atoms with van der Waals surface area (Å²) in [7, 11) is 0. The first-order chi connectivity index (χ1) is 21.6. The van der Waals surface area contributed by atoms with Crippen molar-refractivity contribution in [2.75, 3.05) is 13.2 Å². The highest BCUT2D eigenvalue weighted by atomic mass is 16.5. The zero-order valence-electron chi connectivity index (χ0n) is 29.8. The van der Waals surface area contributed by atoms with E-state index < -0.39 is 0 Å². The van der Waals surface area contributed by atoms with E-state index in [-0.39, 0.29) is 11.9 Å². The highest BCUT2D eigenvalue weighted by Crippen LogP contribution is 2.15. The molecule has 0 amide bonds. The molecule has 0 bridgehead atoms. The van der Waals surface area contributed by atoms with Gasteiger partial charge in [0, 0.05) is 12.2 Å². The number of unbranched alkanes of at least 4 members (excludes halogenated alkanes) is 28. The normalized spacial score (nSPS) is 10.6. The van der Waals surface area contributed by atoms with Gasteiger partial charge in [-0.2, -0.15) is 0 Å². The highest BCUT2D eigenvalue weighted by molar-refractivity contribution is 5.81. The summed E-state index contributed by atoms with van der Waals surface area (Å²) in [5.74, 6) is -0.603. The molecule has 0 aromatic carbocycles. The third-order valence-corrected chi connectivity index (χ3v) is 8.32. The molecule has 0 fully saturated rings. The van der Waals surface area contributed by atoms with Crippen molar-refractivity contribution in [1.29, 1.82) is 0 Å². The number of esters is 2. The molecule has 0 aliphatic heterocycles. The molecule has 0 aromatic heterocycles. The fourth-order valence-electron chi connectivity index (χ4n) is 5.41. The topological polar surface area (TPSA) is 52.6 Å². The second-order valence-corrected chi connectivity index (χ2v) is 12.6. The maximum absolute atomic E-state index is 10.9. The average Bonchev–Trinajstić information content (AvgIpc) is 3.04. The summed E-state index contributed by atoms with van der Waals surface area (Å²) in [6, 6.07) is 0. The van der Waals surface area contributed by atoms with Crippen LogP contribution in [0.3, 0.4) is 0 Å². The molecule has 0 saturated carbocycles. The van der Waals surface area contributed by atoms with Crippen molar-refractivity contribution in [3.05, 3.63) is 25.3 Å². The summed E-state index contributed by atoms with van der Waals surface area (Å²) in [6.07, 6.45) is 43.1. The van der Waals surface area contributed by atoms with Crippen molar-refractivity contribution >= 4 is 11.9 Å². The van der Waals surface area contributed by atoms with Crippen LogP contribution in [0.1, 0.15) is 206 Å². The van der Waals surface area contributed by atoms with Gasteiger partial charge in [-0.05, 0) is 12.8 Å². The molecule has 0 saturated heterocycles. The third-order valence-electron chi connectivity index (χ3n) is 8.32. The molecule has 0 heterocycles. The maximum Gasteiger partial charge on any atom is 0.330 e. The van der Waals surface area contributed by atoms with Gasteiger partial charge in [-0.25, -0.2) is 9.59 Å². The summed E-state index contributed by atoms with van der Waals surface area (Å²) < 4.78 is 9.88. The first-order valence-electron chi connectivity index (χ1n) is 19.2. The molecule has 4 nitrogen and oxygen atoms in total. The zero-order chi connectivity index (χ0) is 32.6. The van der Waals surface area contributed by atoms with Crippen LogP contribution in [0.4, 0.5) is 0 Å². The van der Waals surface area contributed by atoms with Gasteiger partial charge in [0.1, 0.15) is 0 Å². The highest BCUT2D eigenvalue weighted by Gasteiger charge is 1.98. The summed E-state index contributed by atoms with van der Waals surface area (Å²) >= 11 is 0. The van der Waals surface area contributed by atoms with Crippen LogP contribution < -0.4 is 0 Å². The van der Waals surface area contributed by atoms with E-state index in [1.165, 1.54) is 192 Å². The largest absolute Gasteiger partial charge is 0.463 e. The van der Waals surface area contributed by atoms with Gasteiger partial charge in [0.15, 0.2) is 0 Å². The van der Waals surface area contributed by atoms with Crippen molar-refractivity contribution in [2.24, 2.45) is 0 Å². The summed E-state index contributed by atoms with van der Waals surface area (Å²) in [5, 5.41) is 0. The Hall–Kier alpha value is -1.58. The van der Waals surface area contributed by atoms with Crippen LogP contribution in [-0.2, 0) is 19.1 Å². The molecular weight excluding hydrogens is 544 g/mol. The molecule has 0 aliphatic carbocycles. The quantitative estimate of drug-likeness (QED) is 0.0408. The summed E-state index contributed by atoms with van der Waals surface area (Å²) in [6.45, 7) is 12.4. The minimum absolute atomic E-state index is 0.298. The Morgan fingerprint density at radius 2 is 0.545 bits per heavy atom. The van der Waals surface area contributed by atoms with E-state index in [2.05, 4.69) is 27.0 Å². The Labute approximate surface area is 275 Å². The van der Waals surface area contributed by atoms with Gasteiger partial charge < -0.3 is 9.47 Å². The van der Waals surface area contributed by atoms with Crippen molar-refractivity contribution in [2.45, 2.75) is 206 Å². The van der Waals surface area contributed by atoms with E-state index in [9.17, 15) is 9.59 Å². The number of carbonyl (C=O) groups excluding carboxylic acids is 2. The van der Waals surface area contributed by atoms with Gasteiger partial charge in [-0.15, -0.1) is 0 Å². The van der Waals surface area contributed by atoms with Gasteiger partial charge in [0.05, 0.1) is 13.2 Å². The minimum atomic E-state index is -0.305. The lowest BCUT2D eigenvalue weighted by atomic mass is 10.0. The molecule has 0 spiro atoms. The van der Waals surface area contributed by atoms with Crippen LogP contribution in [0.5, 0.6) is 0 Å². The molecule has 44 heavy (non-hydrogen) atoms. The fraction of sp³-hybridized carbons (Fsp3) is 0.850. The molecule has 4 heteroatoms. The predicted molar refractivity (Wildman–Crippen MR) is 192 cm³/mol. The molecule has 0 rings (SSSR count). The van der Waals surface area contributed by atoms with E-state index in [0.29, 0.717) is 13.2 Å². The lowest BCUT2D eigenvalue weighted by Crippen LogP contribution is -2.01. The van der Waals surface area contributed by atoms with Crippen molar-refractivity contribution in [1.82, 2.24) is 0 Å². The SMILES string of the molecule is C=CC(=O)OCCCCCCCCCCCC.C=CC(=O)OCCCCCCCCCCCCCCCCCCCCCC. The Morgan fingerprint density at radius 1 is 0.364 bits per heavy atom. The predicted octanol–water partition coefficient (Wildman–Crippen LogP) is 13.2. The first kappa shape index (κ1) is 44.5. The van der Waals surface area contributed by atoms with Gasteiger partial charge in [-0.1, -0.05) is 207 Å². The van der Waals surface area contributed by atoms with Crippen molar-refractivity contribution in [3.8, 4) is 0 Å². The Balaban J connectivity index is 0. The second kappa shape index (κ2) is 41.4. The molecule has 260 valence electrons. The monoisotopic (exact) mass is 621 g/mol. The van der Waals surface area contributed by atoms with E-state index in [0.717, 1.165) is 12.8 Å². The smallest absolute Gasteiger partial charge is 0.330 e. The van der Waals surface area contributed by atoms with Gasteiger partial charge in [0.25, 0.3) is 0 Å². The number of rotatable bonds is 34. The lowest BCUT2D eigenvalue weighted by molar-refractivity contribution is -0.138. The van der Waals surface area contributed by atoms with Gasteiger partial charge in [-0.3, -0.25) is 0 Å². The molecule has 0 aromatic rings. The van der Waals surface area contributed by atoms with Crippen LogP contribution in [0.2, 0.25) is 0 Å². The minimum Gasteiger partial charge on any atom is -0.463 e. The van der Waals surface area contributed by atoms with Crippen LogP contribution in [0, 0.1) is 0 Å². The van der Waals surface area contributed by atoms with Crippen LogP contribution in [-0.4, -0.2) is 25.2 Å². The fourth-order valence-corrected chi connectivity index (χ4v) is 5.41. The van der Waals surface area contributed by atoms with Crippen LogP contribution >= 0.6 is 0 Å². The molecule has 0 aliphatic rings. The first-order valence-corrected chi connectivity index (χ1v) is 19.2. The van der Waals surface area contributed by atoms with E-state index in [1.807, 2.05) is 0 Å².